The molecule has 0 spiro atoms. The summed E-state index contributed by atoms with van der Waals surface area (Å²) in [6, 6.07) is 20.2. The number of pyridine rings is 1. The highest BCUT2D eigenvalue weighted by atomic mass is 32.2. The van der Waals surface area contributed by atoms with Gasteiger partial charge in [-0.2, -0.15) is 0 Å². The monoisotopic (exact) mass is 457 g/mol. The number of thioether (sulfide) groups is 1. The number of para-hydroxylation sites is 1. The third-order valence-corrected chi connectivity index (χ3v) is 6.40. The highest BCUT2D eigenvalue weighted by Crippen LogP contribution is 2.26. The number of nitrogens with zero attached hydrogens (tertiary/aromatic N) is 4. The molecule has 0 aliphatic heterocycles. The second-order valence-electron chi connectivity index (χ2n) is 7.61. The van der Waals surface area contributed by atoms with Crippen molar-refractivity contribution in [3.8, 4) is 11.4 Å². The van der Waals surface area contributed by atoms with Gasteiger partial charge in [0.15, 0.2) is 11.0 Å². The van der Waals surface area contributed by atoms with Crippen molar-refractivity contribution < 1.29 is 4.79 Å². The van der Waals surface area contributed by atoms with Crippen LogP contribution in [0.3, 0.4) is 0 Å². The van der Waals surface area contributed by atoms with E-state index in [1.165, 1.54) is 11.8 Å². The molecule has 168 valence electrons. The lowest BCUT2D eigenvalue weighted by Crippen LogP contribution is -2.17. The zero-order valence-electron chi connectivity index (χ0n) is 18.9. The molecule has 0 unspecified atom stereocenters. The molecule has 2 aromatic heterocycles. The second-order valence-corrected chi connectivity index (χ2v) is 8.55. The van der Waals surface area contributed by atoms with E-state index < -0.39 is 0 Å². The maximum atomic E-state index is 12.9. The highest BCUT2D eigenvalue weighted by Gasteiger charge is 2.17. The predicted molar refractivity (Wildman–Crippen MR) is 133 cm³/mol. The van der Waals surface area contributed by atoms with Crippen molar-refractivity contribution in [3.05, 3.63) is 89.7 Å². The molecule has 4 aromatic rings. The topological polar surface area (TPSA) is 72.7 Å². The van der Waals surface area contributed by atoms with Crippen LogP contribution < -0.4 is 5.32 Å². The molecular weight excluding hydrogens is 430 g/mol. The Labute approximate surface area is 198 Å². The molecule has 0 bridgehead atoms. The summed E-state index contributed by atoms with van der Waals surface area (Å²) in [5.41, 5.74) is 5.33. The van der Waals surface area contributed by atoms with Gasteiger partial charge in [0.1, 0.15) is 0 Å². The number of benzene rings is 2. The van der Waals surface area contributed by atoms with E-state index in [0.717, 1.165) is 46.6 Å². The number of aromatic nitrogens is 4. The molecule has 2 heterocycles. The molecule has 0 saturated heterocycles. The Hall–Kier alpha value is -3.45. The molecule has 33 heavy (non-hydrogen) atoms. The molecule has 6 nitrogen and oxygen atoms in total. The van der Waals surface area contributed by atoms with E-state index in [4.69, 9.17) is 0 Å². The zero-order chi connectivity index (χ0) is 23.0. The largest absolute Gasteiger partial charge is 0.325 e. The van der Waals surface area contributed by atoms with Crippen molar-refractivity contribution in [2.45, 2.75) is 38.4 Å². The van der Waals surface area contributed by atoms with Gasteiger partial charge >= 0.3 is 0 Å². The maximum Gasteiger partial charge on any atom is 0.234 e. The van der Waals surface area contributed by atoms with Crippen molar-refractivity contribution >= 4 is 23.4 Å². The lowest BCUT2D eigenvalue weighted by atomic mass is 10.0. The summed E-state index contributed by atoms with van der Waals surface area (Å²) < 4.78 is 2.06. The number of carbonyl (C=O) groups is 1. The van der Waals surface area contributed by atoms with Gasteiger partial charge in [-0.1, -0.05) is 74.1 Å². The lowest BCUT2D eigenvalue weighted by Gasteiger charge is -2.14. The summed E-state index contributed by atoms with van der Waals surface area (Å²) in [6.45, 7) is 4.83. The van der Waals surface area contributed by atoms with Crippen LogP contribution in [0, 0.1) is 0 Å². The van der Waals surface area contributed by atoms with Crippen LogP contribution in [-0.4, -0.2) is 31.4 Å². The fourth-order valence-corrected chi connectivity index (χ4v) is 4.47. The van der Waals surface area contributed by atoms with E-state index in [1.54, 1.807) is 12.4 Å². The van der Waals surface area contributed by atoms with E-state index in [-0.39, 0.29) is 11.7 Å². The molecule has 0 atom stereocenters. The first-order valence-corrected chi connectivity index (χ1v) is 12.1. The van der Waals surface area contributed by atoms with Gasteiger partial charge in [-0.15, -0.1) is 10.2 Å². The fourth-order valence-electron chi connectivity index (χ4n) is 3.73. The number of nitrogens with one attached hydrogen (secondary N) is 1. The van der Waals surface area contributed by atoms with Crippen LogP contribution in [0.1, 0.15) is 30.5 Å². The Morgan fingerprint density at radius 2 is 1.61 bits per heavy atom. The van der Waals surface area contributed by atoms with Gasteiger partial charge in [0.2, 0.25) is 5.91 Å². The van der Waals surface area contributed by atoms with Gasteiger partial charge < -0.3 is 5.32 Å². The van der Waals surface area contributed by atoms with Gasteiger partial charge in [0.05, 0.1) is 12.3 Å². The number of aryl methyl sites for hydroxylation is 2. The first kappa shape index (κ1) is 22.7. The molecule has 4 rings (SSSR count). The number of amides is 1. The summed E-state index contributed by atoms with van der Waals surface area (Å²) in [5.74, 6) is 0.967. The quantitative estimate of drug-likeness (QED) is 0.348. The van der Waals surface area contributed by atoms with E-state index in [9.17, 15) is 4.79 Å². The smallest absolute Gasteiger partial charge is 0.234 e. The summed E-state index contributed by atoms with van der Waals surface area (Å²) in [4.78, 5) is 17.0. The van der Waals surface area contributed by atoms with Gasteiger partial charge in [-0.3, -0.25) is 14.3 Å². The maximum absolute atomic E-state index is 12.9. The second kappa shape index (κ2) is 10.9. The van der Waals surface area contributed by atoms with Gasteiger partial charge in [0.25, 0.3) is 0 Å². The minimum Gasteiger partial charge on any atom is -0.325 e. The Bertz CT molecular complexity index is 1190. The summed E-state index contributed by atoms with van der Waals surface area (Å²) >= 11 is 1.40. The number of rotatable bonds is 9. The van der Waals surface area contributed by atoms with Crippen molar-refractivity contribution in [3.63, 3.8) is 0 Å². The third kappa shape index (κ3) is 5.49. The molecule has 0 aliphatic carbocycles. The molecule has 1 amide bonds. The Morgan fingerprint density at radius 1 is 0.909 bits per heavy atom. The van der Waals surface area contributed by atoms with Crippen molar-refractivity contribution in [2.75, 3.05) is 11.1 Å². The van der Waals surface area contributed by atoms with Crippen molar-refractivity contribution in [2.24, 2.45) is 0 Å². The Morgan fingerprint density at radius 3 is 2.27 bits per heavy atom. The number of hydrogen-bond donors (Lipinski definition) is 1. The van der Waals surface area contributed by atoms with E-state index in [0.29, 0.717) is 11.7 Å². The molecule has 2 aromatic carbocycles. The number of anilines is 1. The normalized spacial score (nSPS) is 10.8. The van der Waals surface area contributed by atoms with Gasteiger partial charge in [0, 0.05) is 23.6 Å². The number of carbonyl (C=O) groups excluding carboxylic acids is 1. The van der Waals surface area contributed by atoms with Crippen LogP contribution >= 0.6 is 11.8 Å². The van der Waals surface area contributed by atoms with E-state index in [2.05, 4.69) is 69.2 Å². The minimum absolute atomic E-state index is 0.0460. The molecule has 0 fully saturated rings. The predicted octanol–water partition coefficient (Wildman–Crippen LogP) is 5.24. The molecule has 0 radical (unpaired) electrons. The van der Waals surface area contributed by atoms with Gasteiger partial charge in [-0.25, -0.2) is 0 Å². The zero-order valence-corrected chi connectivity index (χ0v) is 19.7. The summed E-state index contributed by atoms with van der Waals surface area (Å²) in [6.07, 6.45) is 5.23. The number of hydrogen-bond acceptors (Lipinski definition) is 5. The van der Waals surface area contributed by atoms with Crippen LogP contribution in [0.5, 0.6) is 0 Å². The summed E-state index contributed by atoms with van der Waals surface area (Å²) in [7, 11) is 0. The average Bonchev–Trinajstić information content (AvgIpc) is 3.26. The van der Waals surface area contributed by atoms with Crippen LogP contribution in [-0.2, 0) is 24.2 Å². The Balaban J connectivity index is 1.55. The van der Waals surface area contributed by atoms with Gasteiger partial charge in [-0.05, 0) is 41.7 Å². The molecule has 7 heteroatoms. The third-order valence-electron chi connectivity index (χ3n) is 5.43. The van der Waals surface area contributed by atoms with Crippen LogP contribution in [0.25, 0.3) is 11.4 Å². The van der Waals surface area contributed by atoms with E-state index >= 15 is 0 Å². The summed E-state index contributed by atoms with van der Waals surface area (Å²) in [5, 5.41) is 12.7. The highest BCUT2D eigenvalue weighted by molar-refractivity contribution is 7.99. The van der Waals surface area contributed by atoms with Crippen LogP contribution in [0.2, 0.25) is 0 Å². The molecule has 0 saturated carbocycles. The van der Waals surface area contributed by atoms with Crippen molar-refractivity contribution in [1.82, 2.24) is 19.7 Å². The molecule has 1 N–H and O–H groups in total. The SMILES string of the molecule is CCc1cccc(CC)c1NC(=O)CSc1nnc(-c2ccncc2)n1Cc1ccccc1. The van der Waals surface area contributed by atoms with Crippen molar-refractivity contribution in [1.29, 1.82) is 0 Å². The standard InChI is InChI=1S/C26H27N5OS/c1-3-20-11-8-12-21(4-2)24(20)28-23(32)18-33-26-30-29-25(22-13-15-27-16-14-22)31(26)17-19-9-6-5-7-10-19/h5-16H,3-4,17-18H2,1-2H3,(H,28,32). The Kier molecular flexibility index (Phi) is 7.52. The van der Waals surface area contributed by atoms with Crippen LogP contribution in [0.4, 0.5) is 5.69 Å². The lowest BCUT2D eigenvalue weighted by molar-refractivity contribution is -0.113. The van der Waals surface area contributed by atoms with E-state index in [1.807, 2.05) is 30.3 Å². The first-order valence-electron chi connectivity index (χ1n) is 11.1. The van der Waals surface area contributed by atoms with Crippen LogP contribution in [0.15, 0.2) is 78.2 Å². The fraction of sp³-hybridized carbons (Fsp3) is 0.231. The minimum atomic E-state index is -0.0460. The molecular formula is C26H27N5OS. The first-order chi connectivity index (χ1) is 16.2. The molecule has 0 aliphatic rings. The average molecular weight is 458 g/mol.